The van der Waals surface area contributed by atoms with Crippen molar-refractivity contribution in [2.24, 2.45) is 0 Å². The topological polar surface area (TPSA) is 43.6 Å². The van der Waals surface area contributed by atoms with Crippen molar-refractivity contribution in [1.29, 1.82) is 0 Å². The van der Waals surface area contributed by atoms with Gasteiger partial charge in [-0.25, -0.2) is 4.98 Å². The zero-order chi connectivity index (χ0) is 15.0. The van der Waals surface area contributed by atoms with Crippen LogP contribution in [0.2, 0.25) is 5.02 Å². The van der Waals surface area contributed by atoms with E-state index in [0.717, 1.165) is 34.1 Å². The Kier molecular flexibility index (Phi) is 3.66. The summed E-state index contributed by atoms with van der Waals surface area (Å²) in [6, 6.07) is 7.66. The van der Waals surface area contributed by atoms with Crippen LogP contribution in [-0.4, -0.2) is 22.3 Å². The van der Waals surface area contributed by atoms with Crippen molar-refractivity contribution < 1.29 is 9.53 Å². The van der Waals surface area contributed by atoms with Crippen LogP contribution in [0.4, 0.5) is 0 Å². The van der Waals surface area contributed by atoms with Crippen LogP contribution in [0.25, 0.3) is 16.4 Å². The highest BCUT2D eigenvalue weighted by molar-refractivity contribution is 6.35. The quantitative estimate of drug-likeness (QED) is 0.690. The molecule has 1 atom stereocenters. The van der Waals surface area contributed by atoms with Gasteiger partial charge in [0.2, 0.25) is 0 Å². The van der Waals surface area contributed by atoms with E-state index in [0.29, 0.717) is 11.6 Å². The molecule has 108 valence electrons. The molecule has 2 heterocycles. The van der Waals surface area contributed by atoms with Gasteiger partial charge in [0.1, 0.15) is 5.65 Å². The second-order valence-corrected chi connectivity index (χ2v) is 5.21. The van der Waals surface area contributed by atoms with Gasteiger partial charge in [0, 0.05) is 28.6 Å². The first-order valence-electron chi connectivity index (χ1n) is 6.80. The first kappa shape index (κ1) is 14.0. The molecule has 0 spiro atoms. The van der Waals surface area contributed by atoms with Crippen molar-refractivity contribution in [3.05, 3.63) is 46.9 Å². The van der Waals surface area contributed by atoms with E-state index in [4.69, 9.17) is 16.3 Å². The van der Waals surface area contributed by atoms with Crippen LogP contribution in [0.1, 0.15) is 24.4 Å². The van der Waals surface area contributed by atoms with Crippen molar-refractivity contribution >= 4 is 34.3 Å². The van der Waals surface area contributed by atoms with E-state index < -0.39 is 6.10 Å². The van der Waals surface area contributed by atoms with Gasteiger partial charge in [0.15, 0.2) is 12.4 Å². The van der Waals surface area contributed by atoms with Gasteiger partial charge in [0.05, 0.1) is 11.4 Å². The first-order chi connectivity index (χ1) is 10.2. The van der Waals surface area contributed by atoms with Gasteiger partial charge in [-0.15, -0.1) is 0 Å². The number of halogens is 1. The fourth-order valence-corrected chi connectivity index (χ4v) is 2.89. The molecule has 4 nitrogen and oxygen atoms in total. The summed E-state index contributed by atoms with van der Waals surface area (Å²) in [6.07, 6.45) is 2.08. The van der Waals surface area contributed by atoms with Crippen LogP contribution in [0, 0.1) is 6.92 Å². The number of imidazole rings is 1. The average molecular weight is 303 g/mol. The Morgan fingerprint density at radius 1 is 1.38 bits per heavy atom. The number of carbonyl (C=O) groups is 1. The maximum atomic E-state index is 11.3. The molecule has 0 fully saturated rings. The van der Waals surface area contributed by atoms with E-state index in [1.165, 1.54) is 0 Å². The molecule has 0 bridgehead atoms. The molecule has 0 saturated heterocycles. The molecule has 0 aliphatic carbocycles. The number of fused-ring (bicyclic) bond motifs is 3. The number of rotatable bonds is 4. The second kappa shape index (κ2) is 5.47. The smallest absolute Gasteiger partial charge is 0.155 e. The number of pyridine rings is 1. The molecule has 3 aromatic rings. The maximum absolute atomic E-state index is 11.3. The van der Waals surface area contributed by atoms with Crippen molar-refractivity contribution in [3.63, 3.8) is 0 Å². The molecule has 3 rings (SSSR count). The zero-order valence-electron chi connectivity index (χ0n) is 11.8. The Morgan fingerprint density at radius 2 is 2.19 bits per heavy atom. The van der Waals surface area contributed by atoms with Crippen molar-refractivity contribution in [3.8, 4) is 0 Å². The summed E-state index contributed by atoms with van der Waals surface area (Å²) in [5.41, 5.74) is 2.34. The highest BCUT2D eigenvalue weighted by Gasteiger charge is 2.20. The summed E-state index contributed by atoms with van der Waals surface area (Å²) < 4.78 is 7.41. The van der Waals surface area contributed by atoms with Crippen molar-refractivity contribution in [2.45, 2.75) is 20.0 Å². The Labute approximate surface area is 127 Å². The van der Waals surface area contributed by atoms with Crippen LogP contribution < -0.4 is 0 Å². The van der Waals surface area contributed by atoms with Gasteiger partial charge in [-0.1, -0.05) is 23.7 Å². The first-order valence-corrected chi connectivity index (χ1v) is 7.17. The predicted molar refractivity (Wildman–Crippen MR) is 82.9 cm³/mol. The monoisotopic (exact) mass is 302 g/mol. The van der Waals surface area contributed by atoms with Crippen LogP contribution in [0.3, 0.4) is 0 Å². The standard InChI is InChI=1S/C16H15ClN2O2/c1-3-21-14(9-20)15-10(2)18-16-12-5-4-6-13(17)11(12)7-8-19(15)16/h4-9,14H,3H2,1-2H3. The van der Waals surface area contributed by atoms with Crippen LogP contribution in [0.5, 0.6) is 0 Å². The lowest BCUT2D eigenvalue weighted by molar-refractivity contribution is -0.118. The zero-order valence-corrected chi connectivity index (χ0v) is 12.6. The third-order valence-corrected chi connectivity index (χ3v) is 3.89. The van der Waals surface area contributed by atoms with Gasteiger partial charge < -0.3 is 9.14 Å². The third-order valence-electron chi connectivity index (χ3n) is 3.56. The molecule has 0 saturated carbocycles. The van der Waals surface area contributed by atoms with Gasteiger partial charge in [0.25, 0.3) is 0 Å². The third kappa shape index (κ3) is 2.20. The fraction of sp³-hybridized carbons (Fsp3) is 0.250. The van der Waals surface area contributed by atoms with Crippen LogP contribution >= 0.6 is 11.6 Å². The molecular formula is C16H15ClN2O2. The number of aryl methyl sites for hydroxylation is 1. The number of hydrogen-bond donors (Lipinski definition) is 0. The number of hydrogen-bond acceptors (Lipinski definition) is 3. The summed E-state index contributed by atoms with van der Waals surface area (Å²) in [6.45, 7) is 4.22. The number of ether oxygens (including phenoxy) is 1. The molecule has 0 N–H and O–H groups in total. The lowest BCUT2D eigenvalue weighted by atomic mass is 10.1. The van der Waals surface area contributed by atoms with Gasteiger partial charge >= 0.3 is 0 Å². The predicted octanol–water partition coefficient (Wildman–Crippen LogP) is 3.73. The van der Waals surface area contributed by atoms with E-state index in [-0.39, 0.29) is 0 Å². The number of carbonyl (C=O) groups excluding carboxylic acids is 1. The number of nitrogens with zero attached hydrogens (tertiary/aromatic N) is 2. The number of aromatic nitrogens is 2. The molecule has 1 aromatic carbocycles. The summed E-state index contributed by atoms with van der Waals surface area (Å²) >= 11 is 6.23. The molecule has 0 amide bonds. The highest BCUT2D eigenvalue weighted by atomic mass is 35.5. The molecule has 5 heteroatoms. The summed E-state index contributed by atoms with van der Waals surface area (Å²) in [5.74, 6) is 0. The van der Waals surface area contributed by atoms with Crippen molar-refractivity contribution in [1.82, 2.24) is 9.38 Å². The minimum absolute atomic E-state index is 0.468. The Hall–Kier alpha value is -1.91. The van der Waals surface area contributed by atoms with Crippen molar-refractivity contribution in [2.75, 3.05) is 6.61 Å². The second-order valence-electron chi connectivity index (χ2n) is 4.80. The largest absolute Gasteiger partial charge is 0.365 e. The van der Waals surface area contributed by atoms with E-state index >= 15 is 0 Å². The highest BCUT2D eigenvalue weighted by Crippen LogP contribution is 2.29. The molecule has 21 heavy (non-hydrogen) atoms. The Balaban J connectivity index is 2.33. The normalized spacial score (nSPS) is 12.9. The number of aldehydes is 1. The molecule has 0 aliphatic heterocycles. The van der Waals surface area contributed by atoms with Gasteiger partial charge in [-0.3, -0.25) is 4.79 Å². The van der Waals surface area contributed by atoms with Crippen LogP contribution in [0.15, 0.2) is 30.5 Å². The maximum Gasteiger partial charge on any atom is 0.155 e. The van der Waals surface area contributed by atoms with Crippen LogP contribution in [-0.2, 0) is 9.53 Å². The SMILES string of the molecule is CCOC(C=O)c1c(C)nc2c3cccc(Cl)c3ccn12. The van der Waals surface area contributed by atoms with Gasteiger partial charge in [-0.2, -0.15) is 0 Å². The molecule has 2 aromatic heterocycles. The molecule has 1 unspecified atom stereocenters. The lowest BCUT2D eigenvalue weighted by Gasteiger charge is -2.12. The minimum atomic E-state index is -0.610. The summed E-state index contributed by atoms with van der Waals surface area (Å²) in [5, 5.41) is 2.59. The van der Waals surface area contributed by atoms with E-state index in [2.05, 4.69) is 4.98 Å². The molecule has 0 aliphatic rings. The average Bonchev–Trinajstić information content (AvgIpc) is 2.82. The lowest BCUT2D eigenvalue weighted by Crippen LogP contribution is -2.09. The molecule has 0 radical (unpaired) electrons. The minimum Gasteiger partial charge on any atom is -0.365 e. The van der Waals surface area contributed by atoms with E-state index in [1.807, 2.05) is 48.7 Å². The van der Waals surface area contributed by atoms with E-state index in [9.17, 15) is 4.79 Å². The summed E-state index contributed by atoms with van der Waals surface area (Å²) in [7, 11) is 0. The van der Waals surface area contributed by atoms with Gasteiger partial charge in [-0.05, 0) is 26.0 Å². The fourth-order valence-electron chi connectivity index (χ4n) is 2.65. The molecular weight excluding hydrogens is 288 g/mol. The Morgan fingerprint density at radius 3 is 2.90 bits per heavy atom. The number of benzene rings is 1. The Bertz CT molecular complexity index is 826. The summed E-state index contributed by atoms with van der Waals surface area (Å²) in [4.78, 5) is 15.9. The van der Waals surface area contributed by atoms with E-state index in [1.54, 1.807) is 0 Å².